The van der Waals surface area contributed by atoms with Crippen LogP contribution < -0.4 is 0 Å². The van der Waals surface area contributed by atoms with Crippen LogP contribution in [0.5, 0.6) is 0 Å². The second kappa shape index (κ2) is 5.30. The van der Waals surface area contributed by atoms with Gasteiger partial charge in [-0.1, -0.05) is 12.1 Å². The summed E-state index contributed by atoms with van der Waals surface area (Å²) in [7, 11) is 0. The van der Waals surface area contributed by atoms with Crippen molar-refractivity contribution in [2.24, 2.45) is 0 Å². The Kier molecular flexibility index (Phi) is 3.16. The molecule has 0 radical (unpaired) electrons. The van der Waals surface area contributed by atoms with Crippen LogP contribution in [-0.4, -0.2) is 25.8 Å². The summed E-state index contributed by atoms with van der Waals surface area (Å²) in [6.07, 6.45) is 10.2. The van der Waals surface area contributed by atoms with E-state index in [4.69, 9.17) is 0 Å². The van der Waals surface area contributed by atoms with Crippen molar-refractivity contribution in [3.05, 3.63) is 66.4 Å². The molecular weight excluding hydrogens is 260 g/mol. The molecule has 4 nitrogen and oxygen atoms in total. The zero-order valence-electron chi connectivity index (χ0n) is 11.9. The van der Waals surface area contributed by atoms with E-state index in [1.807, 2.05) is 24.7 Å². The van der Waals surface area contributed by atoms with Crippen LogP contribution in [-0.2, 0) is 6.54 Å². The van der Waals surface area contributed by atoms with E-state index < -0.39 is 0 Å². The Labute approximate surface area is 124 Å². The SMILES string of the molecule is c1cncc(CN2CCC[C@H]2c2cccc3nccn23)c1. The van der Waals surface area contributed by atoms with Gasteiger partial charge in [0.1, 0.15) is 5.65 Å². The molecule has 3 aromatic heterocycles. The molecule has 106 valence electrons. The van der Waals surface area contributed by atoms with Crippen molar-refractivity contribution < 1.29 is 0 Å². The van der Waals surface area contributed by atoms with Crippen LogP contribution in [0.2, 0.25) is 0 Å². The summed E-state index contributed by atoms with van der Waals surface area (Å²) in [5.41, 5.74) is 3.65. The maximum absolute atomic E-state index is 4.39. The molecule has 4 heterocycles. The molecule has 0 aromatic carbocycles. The second-order valence-corrected chi connectivity index (χ2v) is 5.60. The smallest absolute Gasteiger partial charge is 0.136 e. The third-order valence-electron chi connectivity index (χ3n) is 4.27. The van der Waals surface area contributed by atoms with Gasteiger partial charge in [0.15, 0.2) is 0 Å². The van der Waals surface area contributed by atoms with Gasteiger partial charge < -0.3 is 4.40 Å². The normalized spacial score (nSPS) is 19.3. The highest BCUT2D eigenvalue weighted by Crippen LogP contribution is 2.33. The van der Waals surface area contributed by atoms with Gasteiger partial charge in [0.2, 0.25) is 0 Å². The van der Waals surface area contributed by atoms with Crippen LogP contribution in [0.4, 0.5) is 0 Å². The average Bonchev–Trinajstić information content (AvgIpc) is 3.16. The molecule has 21 heavy (non-hydrogen) atoms. The quantitative estimate of drug-likeness (QED) is 0.738. The topological polar surface area (TPSA) is 33.4 Å². The number of rotatable bonds is 3. The van der Waals surface area contributed by atoms with Crippen molar-refractivity contribution in [1.82, 2.24) is 19.3 Å². The maximum Gasteiger partial charge on any atom is 0.136 e. The lowest BCUT2D eigenvalue weighted by Gasteiger charge is -2.25. The zero-order valence-corrected chi connectivity index (χ0v) is 11.9. The maximum atomic E-state index is 4.39. The number of pyridine rings is 2. The molecular formula is C17H18N4. The van der Waals surface area contributed by atoms with Gasteiger partial charge in [-0.3, -0.25) is 9.88 Å². The Balaban J connectivity index is 1.66. The predicted molar refractivity (Wildman–Crippen MR) is 81.8 cm³/mol. The molecule has 1 saturated heterocycles. The van der Waals surface area contributed by atoms with Crippen LogP contribution in [0.3, 0.4) is 0 Å². The molecule has 0 saturated carbocycles. The summed E-state index contributed by atoms with van der Waals surface area (Å²) in [6.45, 7) is 2.11. The molecule has 0 aliphatic carbocycles. The summed E-state index contributed by atoms with van der Waals surface area (Å²) in [5, 5.41) is 0. The van der Waals surface area contributed by atoms with E-state index in [1.54, 1.807) is 0 Å². The Bertz CT molecular complexity index is 735. The predicted octanol–water partition coefficient (Wildman–Crippen LogP) is 3.07. The van der Waals surface area contributed by atoms with Crippen molar-refractivity contribution in [2.75, 3.05) is 6.54 Å². The van der Waals surface area contributed by atoms with Crippen LogP contribution in [0, 0.1) is 0 Å². The highest BCUT2D eigenvalue weighted by molar-refractivity contribution is 5.40. The number of aromatic nitrogens is 3. The summed E-state index contributed by atoms with van der Waals surface area (Å²) in [4.78, 5) is 11.2. The first-order chi connectivity index (χ1) is 10.4. The van der Waals surface area contributed by atoms with E-state index in [-0.39, 0.29) is 0 Å². The number of hydrogen-bond acceptors (Lipinski definition) is 3. The number of likely N-dealkylation sites (tertiary alicyclic amines) is 1. The van der Waals surface area contributed by atoms with Crippen molar-refractivity contribution >= 4 is 5.65 Å². The second-order valence-electron chi connectivity index (χ2n) is 5.60. The minimum atomic E-state index is 0.461. The van der Waals surface area contributed by atoms with Crippen LogP contribution in [0.15, 0.2) is 55.1 Å². The fourth-order valence-electron chi connectivity index (χ4n) is 3.32. The molecule has 1 atom stereocenters. The van der Waals surface area contributed by atoms with Gasteiger partial charge in [-0.25, -0.2) is 4.98 Å². The van der Waals surface area contributed by atoms with Gasteiger partial charge in [0.05, 0.1) is 6.04 Å². The minimum Gasteiger partial charge on any atom is -0.302 e. The molecule has 1 aliphatic heterocycles. The highest BCUT2D eigenvalue weighted by Gasteiger charge is 2.27. The van der Waals surface area contributed by atoms with E-state index in [1.165, 1.54) is 24.1 Å². The van der Waals surface area contributed by atoms with Gasteiger partial charge in [0.25, 0.3) is 0 Å². The molecule has 4 heteroatoms. The molecule has 0 bridgehead atoms. The van der Waals surface area contributed by atoms with Crippen LogP contribution in [0.25, 0.3) is 5.65 Å². The molecule has 0 N–H and O–H groups in total. The van der Waals surface area contributed by atoms with Crippen LogP contribution >= 0.6 is 0 Å². The summed E-state index contributed by atoms with van der Waals surface area (Å²) in [5.74, 6) is 0. The largest absolute Gasteiger partial charge is 0.302 e. The number of nitrogens with zero attached hydrogens (tertiary/aromatic N) is 4. The van der Waals surface area contributed by atoms with Gasteiger partial charge in [-0.15, -0.1) is 0 Å². The third kappa shape index (κ3) is 2.32. The molecule has 1 aliphatic rings. The Morgan fingerprint density at radius 2 is 2.14 bits per heavy atom. The first kappa shape index (κ1) is 12.5. The summed E-state index contributed by atoms with van der Waals surface area (Å²) < 4.78 is 2.21. The Morgan fingerprint density at radius 1 is 1.14 bits per heavy atom. The highest BCUT2D eigenvalue weighted by atomic mass is 15.2. The van der Waals surface area contributed by atoms with Crippen molar-refractivity contribution in [3.63, 3.8) is 0 Å². The van der Waals surface area contributed by atoms with Gasteiger partial charge in [0, 0.05) is 37.0 Å². The Morgan fingerprint density at radius 3 is 3.05 bits per heavy atom. The van der Waals surface area contributed by atoms with E-state index in [0.29, 0.717) is 6.04 Å². The Hall–Kier alpha value is -2.20. The molecule has 1 fully saturated rings. The monoisotopic (exact) mass is 278 g/mol. The van der Waals surface area contributed by atoms with Crippen molar-refractivity contribution in [3.8, 4) is 0 Å². The fourth-order valence-corrected chi connectivity index (χ4v) is 3.32. The molecule has 0 spiro atoms. The van der Waals surface area contributed by atoms with Gasteiger partial charge in [-0.05, 0) is 43.1 Å². The number of fused-ring (bicyclic) bond motifs is 1. The van der Waals surface area contributed by atoms with Crippen LogP contribution in [0.1, 0.15) is 30.1 Å². The lowest BCUT2D eigenvalue weighted by Crippen LogP contribution is -2.24. The van der Waals surface area contributed by atoms with E-state index >= 15 is 0 Å². The average molecular weight is 278 g/mol. The zero-order chi connectivity index (χ0) is 14.1. The van der Waals surface area contributed by atoms with Gasteiger partial charge in [-0.2, -0.15) is 0 Å². The lowest BCUT2D eigenvalue weighted by atomic mass is 10.1. The number of hydrogen-bond donors (Lipinski definition) is 0. The molecule has 3 aromatic rings. The van der Waals surface area contributed by atoms with E-state index in [9.17, 15) is 0 Å². The summed E-state index contributed by atoms with van der Waals surface area (Å²) in [6, 6.07) is 11.0. The molecule has 0 unspecified atom stereocenters. The first-order valence-electron chi connectivity index (χ1n) is 7.47. The molecule has 0 amide bonds. The lowest BCUT2D eigenvalue weighted by molar-refractivity contribution is 0.243. The molecule has 4 rings (SSSR count). The van der Waals surface area contributed by atoms with Crippen molar-refractivity contribution in [2.45, 2.75) is 25.4 Å². The van der Waals surface area contributed by atoms with E-state index in [0.717, 1.165) is 18.7 Å². The van der Waals surface area contributed by atoms with E-state index in [2.05, 4.69) is 49.7 Å². The van der Waals surface area contributed by atoms with Gasteiger partial charge >= 0.3 is 0 Å². The van der Waals surface area contributed by atoms with Crippen molar-refractivity contribution in [1.29, 1.82) is 0 Å². The fraction of sp³-hybridized carbons (Fsp3) is 0.294. The minimum absolute atomic E-state index is 0.461. The standard InChI is InChI=1S/C17H18N4/c1-5-16(21-11-9-19-17(21)7-1)15-6-3-10-20(15)13-14-4-2-8-18-12-14/h1-2,4-5,7-9,11-12,15H,3,6,10,13H2/t15-/m0/s1. The number of imidazole rings is 1. The first-order valence-corrected chi connectivity index (χ1v) is 7.47. The third-order valence-corrected chi connectivity index (χ3v) is 4.27. The summed E-state index contributed by atoms with van der Waals surface area (Å²) >= 11 is 0.